The molecule has 1 spiro atoms. The van der Waals surface area contributed by atoms with E-state index in [1.54, 1.807) is 6.20 Å². The zero-order chi connectivity index (χ0) is 15.6. The molecule has 0 bridgehead atoms. The van der Waals surface area contributed by atoms with Crippen LogP contribution in [-0.4, -0.2) is 43.2 Å². The molecule has 2 fully saturated rings. The molecule has 1 aromatic heterocycles. The van der Waals surface area contributed by atoms with Crippen LogP contribution in [0.25, 0.3) is 0 Å². The fraction of sp³-hybridized carbons (Fsp3) is 0.647. The van der Waals surface area contributed by atoms with E-state index >= 15 is 0 Å². The molecule has 5 nitrogen and oxygen atoms in total. The van der Waals surface area contributed by atoms with Gasteiger partial charge in [-0.1, -0.05) is 19.3 Å². The van der Waals surface area contributed by atoms with Crippen LogP contribution in [-0.2, 0) is 4.74 Å². The normalized spacial score (nSPS) is 23.5. The molecule has 1 aliphatic heterocycles. The highest BCUT2D eigenvalue weighted by Crippen LogP contribution is 2.39. The van der Waals surface area contributed by atoms with Crippen molar-refractivity contribution in [3.05, 3.63) is 23.9 Å². The molecule has 22 heavy (non-hydrogen) atoms. The van der Waals surface area contributed by atoms with Crippen LogP contribution in [0.1, 0.15) is 48.9 Å². The summed E-state index contributed by atoms with van der Waals surface area (Å²) in [5, 5.41) is 3.10. The third-order valence-corrected chi connectivity index (χ3v) is 4.78. The number of pyridine rings is 1. The molecule has 1 saturated heterocycles. The van der Waals surface area contributed by atoms with Gasteiger partial charge in [-0.05, 0) is 31.4 Å². The van der Waals surface area contributed by atoms with Crippen molar-refractivity contribution in [2.45, 2.75) is 50.2 Å². The Hall–Kier alpha value is -1.62. The van der Waals surface area contributed by atoms with E-state index in [-0.39, 0.29) is 17.6 Å². The van der Waals surface area contributed by atoms with Gasteiger partial charge in [-0.15, -0.1) is 0 Å². The first kappa shape index (κ1) is 15.3. The zero-order valence-corrected chi connectivity index (χ0v) is 13.5. The van der Waals surface area contributed by atoms with Crippen molar-refractivity contribution in [2.24, 2.45) is 0 Å². The quantitative estimate of drug-likeness (QED) is 0.931. The number of ether oxygens (including phenoxy) is 1. The Morgan fingerprint density at radius 3 is 2.73 bits per heavy atom. The Kier molecular flexibility index (Phi) is 4.34. The molecule has 3 rings (SSSR count). The smallest absolute Gasteiger partial charge is 0.253 e. The lowest BCUT2D eigenvalue weighted by atomic mass is 9.82. The Bertz CT molecular complexity index is 521. The van der Waals surface area contributed by atoms with Gasteiger partial charge in [0, 0.05) is 20.3 Å². The minimum atomic E-state index is -0.0562. The number of amides is 1. The number of carbonyl (C=O) groups is 1. The number of anilines is 1. The molecule has 1 amide bonds. The third kappa shape index (κ3) is 3.24. The van der Waals surface area contributed by atoms with Crippen LogP contribution in [0.2, 0.25) is 0 Å². The number of hydrogen-bond donors (Lipinski definition) is 1. The van der Waals surface area contributed by atoms with Gasteiger partial charge in [-0.3, -0.25) is 4.79 Å². The SMILES string of the molecule is CN(C)c1ccc(C(=O)N[C@H]2COC3(CCCCC3)C2)cn1. The fourth-order valence-corrected chi connectivity index (χ4v) is 3.54. The summed E-state index contributed by atoms with van der Waals surface area (Å²) in [7, 11) is 3.86. The van der Waals surface area contributed by atoms with Gasteiger partial charge in [0.2, 0.25) is 0 Å². The predicted molar refractivity (Wildman–Crippen MR) is 86.2 cm³/mol. The third-order valence-electron chi connectivity index (χ3n) is 4.78. The second-order valence-corrected chi connectivity index (χ2v) is 6.73. The predicted octanol–water partition coefficient (Wildman–Crippen LogP) is 2.37. The van der Waals surface area contributed by atoms with Crippen LogP contribution in [0.5, 0.6) is 0 Å². The first-order chi connectivity index (χ1) is 10.6. The highest BCUT2D eigenvalue weighted by molar-refractivity contribution is 5.94. The standard InChI is InChI=1S/C17H25N3O2/c1-20(2)15-7-6-13(11-18-15)16(21)19-14-10-17(22-12-14)8-4-3-5-9-17/h6-7,11,14H,3-5,8-10,12H2,1-2H3,(H,19,21)/t14-/m1/s1. The Balaban J connectivity index is 1.58. The summed E-state index contributed by atoms with van der Waals surface area (Å²) in [5.74, 6) is 0.793. The minimum absolute atomic E-state index is 0.0310. The maximum absolute atomic E-state index is 12.3. The van der Waals surface area contributed by atoms with E-state index in [0.717, 1.165) is 25.1 Å². The first-order valence-electron chi connectivity index (χ1n) is 8.16. The summed E-state index contributed by atoms with van der Waals surface area (Å²) in [6.45, 7) is 0.634. The Labute approximate surface area is 132 Å². The molecule has 1 saturated carbocycles. The summed E-state index contributed by atoms with van der Waals surface area (Å²) in [6, 6.07) is 3.81. The molecule has 0 unspecified atom stereocenters. The van der Waals surface area contributed by atoms with Crippen LogP contribution in [0, 0.1) is 0 Å². The summed E-state index contributed by atoms with van der Waals surface area (Å²) in [4.78, 5) is 18.5. The van der Waals surface area contributed by atoms with Gasteiger partial charge in [0.15, 0.2) is 0 Å². The van der Waals surface area contributed by atoms with Crippen LogP contribution in [0.3, 0.4) is 0 Å². The number of nitrogens with one attached hydrogen (secondary N) is 1. The average molecular weight is 303 g/mol. The van der Waals surface area contributed by atoms with E-state index in [2.05, 4.69) is 10.3 Å². The number of aromatic nitrogens is 1. The van der Waals surface area contributed by atoms with Crippen molar-refractivity contribution in [3.8, 4) is 0 Å². The van der Waals surface area contributed by atoms with Gasteiger partial charge in [-0.25, -0.2) is 4.98 Å². The molecule has 1 N–H and O–H groups in total. The molecule has 1 aromatic rings. The van der Waals surface area contributed by atoms with E-state index in [4.69, 9.17) is 4.74 Å². The highest BCUT2D eigenvalue weighted by Gasteiger charge is 2.41. The average Bonchev–Trinajstić information content (AvgIpc) is 2.90. The molecule has 1 aliphatic carbocycles. The first-order valence-corrected chi connectivity index (χ1v) is 8.16. The topological polar surface area (TPSA) is 54.5 Å². The maximum atomic E-state index is 12.3. The van der Waals surface area contributed by atoms with E-state index in [9.17, 15) is 4.79 Å². The number of hydrogen-bond acceptors (Lipinski definition) is 4. The minimum Gasteiger partial charge on any atom is -0.373 e. The molecular weight excluding hydrogens is 278 g/mol. The maximum Gasteiger partial charge on any atom is 0.253 e. The number of rotatable bonds is 3. The lowest BCUT2D eigenvalue weighted by Crippen LogP contribution is -2.37. The van der Waals surface area contributed by atoms with Gasteiger partial charge in [-0.2, -0.15) is 0 Å². The van der Waals surface area contributed by atoms with Crippen LogP contribution >= 0.6 is 0 Å². The summed E-state index contributed by atoms with van der Waals surface area (Å²) in [5.41, 5.74) is 0.638. The van der Waals surface area contributed by atoms with Crippen molar-refractivity contribution in [1.29, 1.82) is 0 Å². The summed E-state index contributed by atoms with van der Waals surface area (Å²) < 4.78 is 6.04. The fourth-order valence-electron chi connectivity index (χ4n) is 3.54. The molecule has 5 heteroatoms. The van der Waals surface area contributed by atoms with Gasteiger partial charge in [0.1, 0.15) is 5.82 Å². The summed E-state index contributed by atoms with van der Waals surface area (Å²) >= 11 is 0. The molecule has 120 valence electrons. The molecule has 0 radical (unpaired) electrons. The summed E-state index contributed by atoms with van der Waals surface area (Å²) in [6.07, 6.45) is 8.66. The second kappa shape index (κ2) is 6.24. The van der Waals surface area contributed by atoms with Crippen molar-refractivity contribution < 1.29 is 9.53 Å². The molecular formula is C17H25N3O2. The second-order valence-electron chi connectivity index (χ2n) is 6.73. The largest absolute Gasteiger partial charge is 0.373 e. The van der Waals surface area contributed by atoms with Crippen LogP contribution in [0.4, 0.5) is 5.82 Å². The molecule has 1 atom stereocenters. The zero-order valence-electron chi connectivity index (χ0n) is 13.5. The van der Waals surface area contributed by atoms with E-state index < -0.39 is 0 Å². The van der Waals surface area contributed by atoms with E-state index in [0.29, 0.717) is 12.2 Å². The number of nitrogens with zero attached hydrogens (tertiary/aromatic N) is 2. The lowest BCUT2D eigenvalue weighted by molar-refractivity contribution is -0.0246. The van der Waals surface area contributed by atoms with E-state index in [1.165, 1.54) is 19.3 Å². The van der Waals surface area contributed by atoms with Gasteiger partial charge in [0.25, 0.3) is 5.91 Å². The van der Waals surface area contributed by atoms with Gasteiger partial charge in [0.05, 0.1) is 23.8 Å². The van der Waals surface area contributed by atoms with E-state index in [1.807, 2.05) is 31.1 Å². The molecule has 0 aromatic carbocycles. The Morgan fingerprint density at radius 2 is 2.09 bits per heavy atom. The van der Waals surface area contributed by atoms with Crippen molar-refractivity contribution in [3.63, 3.8) is 0 Å². The van der Waals surface area contributed by atoms with Gasteiger partial charge >= 0.3 is 0 Å². The lowest BCUT2D eigenvalue weighted by Gasteiger charge is -2.32. The Morgan fingerprint density at radius 1 is 1.32 bits per heavy atom. The molecule has 2 heterocycles. The van der Waals surface area contributed by atoms with Crippen molar-refractivity contribution in [2.75, 3.05) is 25.6 Å². The molecule has 2 aliphatic rings. The number of carbonyl (C=O) groups excluding carboxylic acids is 1. The van der Waals surface area contributed by atoms with Gasteiger partial charge < -0.3 is 15.0 Å². The van der Waals surface area contributed by atoms with Crippen LogP contribution < -0.4 is 10.2 Å². The monoisotopic (exact) mass is 303 g/mol. The van der Waals surface area contributed by atoms with Crippen LogP contribution in [0.15, 0.2) is 18.3 Å². The van der Waals surface area contributed by atoms with Crippen molar-refractivity contribution in [1.82, 2.24) is 10.3 Å². The highest BCUT2D eigenvalue weighted by atomic mass is 16.5. The van der Waals surface area contributed by atoms with Crippen molar-refractivity contribution >= 4 is 11.7 Å².